The molecule has 0 aliphatic heterocycles. The lowest BCUT2D eigenvalue weighted by Gasteiger charge is -1.98. The SMILES string of the molecule is NCCCc1nnc(-c2ccc(Br)c(Cl)c2)o1. The van der Waals surface area contributed by atoms with Gasteiger partial charge in [-0.05, 0) is 47.1 Å². The Morgan fingerprint density at radius 1 is 1.35 bits per heavy atom. The van der Waals surface area contributed by atoms with Crippen LogP contribution in [0.5, 0.6) is 0 Å². The molecule has 0 saturated carbocycles. The first-order valence-corrected chi connectivity index (χ1v) is 6.35. The van der Waals surface area contributed by atoms with E-state index in [4.69, 9.17) is 21.8 Å². The number of halogens is 2. The standard InChI is InChI=1S/C11H11BrClN3O/c12-8-4-3-7(6-9(8)13)11-16-15-10(17-11)2-1-5-14/h3-4,6H,1-2,5,14H2. The van der Waals surface area contributed by atoms with Gasteiger partial charge in [0.05, 0.1) is 5.02 Å². The second-order valence-corrected chi connectivity index (χ2v) is 4.78. The van der Waals surface area contributed by atoms with E-state index >= 15 is 0 Å². The Balaban J connectivity index is 2.21. The van der Waals surface area contributed by atoms with E-state index in [-0.39, 0.29) is 0 Å². The average molecular weight is 317 g/mol. The molecule has 1 heterocycles. The minimum Gasteiger partial charge on any atom is -0.421 e. The summed E-state index contributed by atoms with van der Waals surface area (Å²) in [6, 6.07) is 5.50. The maximum atomic E-state index is 6.00. The summed E-state index contributed by atoms with van der Waals surface area (Å²) in [5.41, 5.74) is 6.23. The lowest BCUT2D eigenvalue weighted by atomic mass is 10.2. The molecule has 6 heteroatoms. The van der Waals surface area contributed by atoms with Crippen LogP contribution in [0.25, 0.3) is 11.5 Å². The van der Waals surface area contributed by atoms with Crippen LogP contribution in [0.1, 0.15) is 12.3 Å². The van der Waals surface area contributed by atoms with E-state index in [1.807, 2.05) is 12.1 Å². The molecule has 2 rings (SSSR count). The lowest BCUT2D eigenvalue weighted by Crippen LogP contribution is -2.00. The molecule has 0 aliphatic rings. The summed E-state index contributed by atoms with van der Waals surface area (Å²) in [7, 11) is 0. The third-order valence-electron chi connectivity index (χ3n) is 2.23. The van der Waals surface area contributed by atoms with Crippen LogP contribution in [-0.4, -0.2) is 16.7 Å². The zero-order valence-corrected chi connectivity index (χ0v) is 11.3. The number of nitrogens with two attached hydrogens (primary N) is 1. The number of hydrogen-bond donors (Lipinski definition) is 1. The van der Waals surface area contributed by atoms with Crippen molar-refractivity contribution in [2.45, 2.75) is 12.8 Å². The minimum absolute atomic E-state index is 0.478. The highest BCUT2D eigenvalue weighted by atomic mass is 79.9. The lowest BCUT2D eigenvalue weighted by molar-refractivity contribution is 0.499. The summed E-state index contributed by atoms with van der Waals surface area (Å²) in [6.45, 7) is 0.613. The summed E-state index contributed by atoms with van der Waals surface area (Å²) in [6.07, 6.45) is 1.54. The molecule has 4 nitrogen and oxygen atoms in total. The molecular formula is C11H11BrClN3O. The average Bonchev–Trinajstić information content (AvgIpc) is 2.79. The van der Waals surface area contributed by atoms with Crippen molar-refractivity contribution < 1.29 is 4.42 Å². The Hall–Kier alpha value is -0.910. The predicted molar refractivity (Wildman–Crippen MR) is 69.8 cm³/mol. The fraction of sp³-hybridized carbons (Fsp3) is 0.273. The molecule has 2 N–H and O–H groups in total. The van der Waals surface area contributed by atoms with Gasteiger partial charge in [0, 0.05) is 16.5 Å². The normalized spacial score (nSPS) is 10.8. The van der Waals surface area contributed by atoms with Gasteiger partial charge in [-0.15, -0.1) is 10.2 Å². The molecule has 90 valence electrons. The zero-order chi connectivity index (χ0) is 12.3. The van der Waals surface area contributed by atoms with E-state index in [1.54, 1.807) is 6.07 Å². The van der Waals surface area contributed by atoms with Gasteiger partial charge in [0.2, 0.25) is 11.8 Å². The first-order chi connectivity index (χ1) is 8.20. The van der Waals surface area contributed by atoms with Crippen molar-refractivity contribution in [3.63, 3.8) is 0 Å². The molecule has 1 aromatic heterocycles. The van der Waals surface area contributed by atoms with Crippen LogP contribution in [0.2, 0.25) is 5.02 Å². The molecule has 0 atom stereocenters. The van der Waals surface area contributed by atoms with Crippen molar-refractivity contribution in [3.05, 3.63) is 33.6 Å². The van der Waals surface area contributed by atoms with Crippen LogP contribution in [0.4, 0.5) is 0 Å². The van der Waals surface area contributed by atoms with Gasteiger partial charge in [0.15, 0.2) is 0 Å². The Labute approximate surface area is 112 Å². The molecule has 2 aromatic rings. The van der Waals surface area contributed by atoms with Gasteiger partial charge in [0.25, 0.3) is 0 Å². The molecule has 0 radical (unpaired) electrons. The Morgan fingerprint density at radius 3 is 2.88 bits per heavy atom. The van der Waals surface area contributed by atoms with Crippen molar-refractivity contribution in [2.75, 3.05) is 6.54 Å². The van der Waals surface area contributed by atoms with Crippen LogP contribution in [0, 0.1) is 0 Å². The second kappa shape index (κ2) is 5.62. The maximum Gasteiger partial charge on any atom is 0.247 e. The summed E-state index contributed by atoms with van der Waals surface area (Å²) < 4.78 is 6.35. The molecule has 0 fully saturated rings. The summed E-state index contributed by atoms with van der Waals surface area (Å²) >= 11 is 9.33. The third kappa shape index (κ3) is 3.06. The second-order valence-electron chi connectivity index (χ2n) is 3.52. The van der Waals surface area contributed by atoms with Crippen molar-refractivity contribution in [1.82, 2.24) is 10.2 Å². The van der Waals surface area contributed by atoms with E-state index < -0.39 is 0 Å². The fourth-order valence-corrected chi connectivity index (χ4v) is 1.78. The van der Waals surface area contributed by atoms with E-state index in [0.29, 0.717) is 29.8 Å². The summed E-state index contributed by atoms with van der Waals surface area (Å²) in [5, 5.41) is 8.55. The van der Waals surface area contributed by atoms with Gasteiger partial charge in [0.1, 0.15) is 0 Å². The molecule has 0 unspecified atom stereocenters. The van der Waals surface area contributed by atoms with Crippen LogP contribution in [0.15, 0.2) is 27.1 Å². The van der Waals surface area contributed by atoms with E-state index in [1.165, 1.54) is 0 Å². The topological polar surface area (TPSA) is 64.9 Å². The van der Waals surface area contributed by atoms with Crippen LogP contribution < -0.4 is 5.73 Å². The maximum absolute atomic E-state index is 6.00. The molecule has 0 amide bonds. The van der Waals surface area contributed by atoms with Gasteiger partial charge in [-0.3, -0.25) is 0 Å². The number of benzene rings is 1. The Bertz CT molecular complexity index is 515. The molecular weight excluding hydrogens is 305 g/mol. The molecule has 0 bridgehead atoms. The molecule has 0 spiro atoms. The van der Waals surface area contributed by atoms with Gasteiger partial charge < -0.3 is 10.2 Å². The number of nitrogens with zero attached hydrogens (tertiary/aromatic N) is 2. The van der Waals surface area contributed by atoms with Crippen LogP contribution in [0.3, 0.4) is 0 Å². The van der Waals surface area contributed by atoms with Crippen molar-refractivity contribution in [3.8, 4) is 11.5 Å². The molecule has 17 heavy (non-hydrogen) atoms. The zero-order valence-electron chi connectivity index (χ0n) is 8.99. The number of aromatic nitrogens is 2. The highest BCUT2D eigenvalue weighted by Gasteiger charge is 2.09. The monoisotopic (exact) mass is 315 g/mol. The third-order valence-corrected chi connectivity index (χ3v) is 3.46. The summed E-state index contributed by atoms with van der Waals surface area (Å²) in [5.74, 6) is 1.08. The van der Waals surface area contributed by atoms with Gasteiger partial charge in [-0.1, -0.05) is 11.6 Å². The first kappa shape index (κ1) is 12.5. The van der Waals surface area contributed by atoms with E-state index in [0.717, 1.165) is 16.5 Å². The number of rotatable bonds is 4. The molecule has 1 aromatic carbocycles. The largest absolute Gasteiger partial charge is 0.421 e. The van der Waals surface area contributed by atoms with Gasteiger partial charge >= 0.3 is 0 Å². The highest BCUT2D eigenvalue weighted by molar-refractivity contribution is 9.10. The fourth-order valence-electron chi connectivity index (χ4n) is 1.35. The van der Waals surface area contributed by atoms with Gasteiger partial charge in [-0.2, -0.15) is 0 Å². The van der Waals surface area contributed by atoms with Crippen molar-refractivity contribution in [2.24, 2.45) is 5.73 Å². The van der Waals surface area contributed by atoms with Crippen LogP contribution >= 0.6 is 27.5 Å². The van der Waals surface area contributed by atoms with Gasteiger partial charge in [-0.25, -0.2) is 0 Å². The Kier molecular flexibility index (Phi) is 4.15. The highest BCUT2D eigenvalue weighted by Crippen LogP contribution is 2.28. The first-order valence-electron chi connectivity index (χ1n) is 5.18. The minimum atomic E-state index is 0.478. The smallest absolute Gasteiger partial charge is 0.247 e. The molecule has 0 saturated heterocycles. The number of hydrogen-bond acceptors (Lipinski definition) is 4. The van der Waals surface area contributed by atoms with E-state index in [2.05, 4.69) is 26.1 Å². The van der Waals surface area contributed by atoms with Crippen molar-refractivity contribution in [1.29, 1.82) is 0 Å². The number of aryl methyl sites for hydroxylation is 1. The Morgan fingerprint density at radius 2 is 2.18 bits per heavy atom. The predicted octanol–water partition coefficient (Wildman–Crippen LogP) is 3.04. The van der Waals surface area contributed by atoms with Crippen molar-refractivity contribution >= 4 is 27.5 Å². The quantitative estimate of drug-likeness (QED) is 0.941. The molecule has 0 aliphatic carbocycles. The van der Waals surface area contributed by atoms with E-state index in [9.17, 15) is 0 Å². The van der Waals surface area contributed by atoms with Crippen LogP contribution in [-0.2, 0) is 6.42 Å². The summed E-state index contributed by atoms with van der Waals surface area (Å²) in [4.78, 5) is 0.